The zero-order valence-electron chi connectivity index (χ0n) is 20.3. The van der Waals surface area contributed by atoms with Crippen molar-refractivity contribution < 1.29 is 19.1 Å². The molecule has 36 heavy (non-hydrogen) atoms. The standard InChI is InChI=1S/C31H27BrO4/c1-3-35-29(33)31(30(34)36-4-2)19-22-12-8-9-13-24(22)28-26(16-20-10-6-5-7-11-20)25-18-23(32)15-14-21(25)17-27(28)31/h5-15,17-18H,3-4,16,19H2,1-2H3. The molecular weight excluding hydrogens is 516 g/mol. The van der Waals surface area contributed by atoms with Gasteiger partial charge in [0.1, 0.15) is 0 Å². The van der Waals surface area contributed by atoms with Crippen LogP contribution in [0.25, 0.3) is 21.9 Å². The predicted molar refractivity (Wildman–Crippen MR) is 145 cm³/mol. The minimum Gasteiger partial charge on any atom is -0.465 e. The molecule has 0 amide bonds. The third kappa shape index (κ3) is 4.01. The Bertz CT molecular complexity index is 1440. The molecule has 1 aliphatic carbocycles. The van der Waals surface area contributed by atoms with Crippen LogP contribution in [-0.4, -0.2) is 25.2 Å². The lowest BCUT2D eigenvalue weighted by molar-refractivity contribution is -0.165. The highest BCUT2D eigenvalue weighted by molar-refractivity contribution is 9.10. The summed E-state index contributed by atoms with van der Waals surface area (Å²) < 4.78 is 12.1. The van der Waals surface area contributed by atoms with Crippen LogP contribution in [0, 0.1) is 0 Å². The molecule has 0 heterocycles. The van der Waals surface area contributed by atoms with Gasteiger partial charge in [-0.25, -0.2) is 0 Å². The van der Waals surface area contributed by atoms with E-state index < -0.39 is 17.4 Å². The third-order valence-electron chi connectivity index (χ3n) is 6.89. The molecule has 0 radical (unpaired) electrons. The van der Waals surface area contributed by atoms with Gasteiger partial charge in [0.25, 0.3) is 0 Å². The molecule has 0 unspecified atom stereocenters. The van der Waals surface area contributed by atoms with E-state index in [9.17, 15) is 9.59 Å². The van der Waals surface area contributed by atoms with Crippen LogP contribution >= 0.6 is 15.9 Å². The Morgan fingerprint density at radius 2 is 1.53 bits per heavy atom. The van der Waals surface area contributed by atoms with E-state index in [-0.39, 0.29) is 19.6 Å². The summed E-state index contributed by atoms with van der Waals surface area (Å²) in [5.41, 5.74) is 4.15. The molecule has 182 valence electrons. The Kier molecular flexibility index (Phi) is 6.67. The molecule has 0 atom stereocenters. The fourth-order valence-electron chi connectivity index (χ4n) is 5.32. The number of hydrogen-bond acceptors (Lipinski definition) is 4. The monoisotopic (exact) mass is 542 g/mol. The molecular formula is C31H27BrO4. The Hall–Kier alpha value is -3.44. The third-order valence-corrected chi connectivity index (χ3v) is 7.38. The number of ether oxygens (including phenoxy) is 2. The predicted octanol–water partition coefficient (Wildman–Crippen LogP) is 6.78. The Balaban J connectivity index is 1.92. The van der Waals surface area contributed by atoms with Gasteiger partial charge in [-0.1, -0.05) is 76.6 Å². The van der Waals surface area contributed by atoms with E-state index in [4.69, 9.17) is 9.47 Å². The van der Waals surface area contributed by atoms with Gasteiger partial charge in [0.15, 0.2) is 5.41 Å². The maximum absolute atomic E-state index is 13.7. The highest BCUT2D eigenvalue weighted by Crippen LogP contribution is 2.49. The molecule has 1 aliphatic rings. The van der Waals surface area contributed by atoms with Crippen LogP contribution in [0.1, 0.15) is 36.1 Å². The second-order valence-corrected chi connectivity index (χ2v) is 9.90. The first kappa shape index (κ1) is 24.3. The summed E-state index contributed by atoms with van der Waals surface area (Å²) in [6.45, 7) is 3.86. The molecule has 0 aromatic heterocycles. The normalized spacial score (nSPS) is 13.5. The van der Waals surface area contributed by atoms with Crippen molar-refractivity contribution in [3.05, 3.63) is 106 Å². The number of hydrogen-bond donors (Lipinski definition) is 0. The lowest BCUT2D eigenvalue weighted by Crippen LogP contribution is -2.50. The SMILES string of the molecule is CCOC(=O)C1(C(=O)OCC)Cc2ccccc2-c2c1cc1ccc(Br)cc1c2Cc1ccccc1. The van der Waals surface area contributed by atoms with Gasteiger partial charge < -0.3 is 9.47 Å². The number of rotatable bonds is 6. The van der Waals surface area contributed by atoms with Gasteiger partial charge in [0.2, 0.25) is 0 Å². The summed E-state index contributed by atoms with van der Waals surface area (Å²) in [7, 11) is 0. The molecule has 0 fully saturated rings. The molecule has 4 nitrogen and oxygen atoms in total. The molecule has 0 saturated carbocycles. The molecule has 0 aliphatic heterocycles. The van der Waals surface area contributed by atoms with Gasteiger partial charge >= 0.3 is 11.9 Å². The van der Waals surface area contributed by atoms with E-state index in [1.807, 2.05) is 54.6 Å². The van der Waals surface area contributed by atoms with Crippen LogP contribution < -0.4 is 0 Å². The summed E-state index contributed by atoms with van der Waals surface area (Å²) in [6.07, 6.45) is 0.841. The molecule has 4 aromatic carbocycles. The van der Waals surface area contributed by atoms with Crippen LogP contribution in [0.15, 0.2) is 83.3 Å². The number of esters is 2. The van der Waals surface area contributed by atoms with Crippen LogP contribution in [0.3, 0.4) is 0 Å². The first-order valence-electron chi connectivity index (χ1n) is 12.2. The first-order valence-corrected chi connectivity index (χ1v) is 13.0. The smallest absolute Gasteiger partial charge is 0.328 e. The van der Waals surface area contributed by atoms with Crippen molar-refractivity contribution in [3.8, 4) is 11.1 Å². The number of benzene rings is 4. The van der Waals surface area contributed by atoms with Crippen molar-refractivity contribution in [3.63, 3.8) is 0 Å². The number of halogens is 1. The average Bonchev–Trinajstić information content (AvgIpc) is 2.89. The van der Waals surface area contributed by atoms with E-state index >= 15 is 0 Å². The Labute approximate surface area is 219 Å². The molecule has 0 spiro atoms. The fourth-order valence-corrected chi connectivity index (χ4v) is 5.68. The van der Waals surface area contributed by atoms with Gasteiger partial charge in [-0.05, 0) is 82.6 Å². The van der Waals surface area contributed by atoms with E-state index in [0.29, 0.717) is 12.0 Å². The van der Waals surface area contributed by atoms with Gasteiger partial charge in [0.05, 0.1) is 13.2 Å². The van der Waals surface area contributed by atoms with E-state index in [1.165, 1.54) is 0 Å². The second-order valence-electron chi connectivity index (χ2n) is 8.99. The van der Waals surface area contributed by atoms with Gasteiger partial charge in [-0.2, -0.15) is 0 Å². The van der Waals surface area contributed by atoms with Gasteiger partial charge in [-0.15, -0.1) is 0 Å². The quantitative estimate of drug-likeness (QED) is 0.199. The lowest BCUT2D eigenvalue weighted by Gasteiger charge is -2.37. The zero-order valence-corrected chi connectivity index (χ0v) is 21.9. The van der Waals surface area contributed by atoms with E-state index in [2.05, 4.69) is 40.2 Å². The molecule has 0 N–H and O–H groups in total. The van der Waals surface area contributed by atoms with Crippen molar-refractivity contribution in [2.75, 3.05) is 13.2 Å². The maximum atomic E-state index is 13.7. The minimum atomic E-state index is -1.58. The van der Waals surface area contributed by atoms with Crippen LogP contribution in [0.2, 0.25) is 0 Å². The Morgan fingerprint density at radius 3 is 2.22 bits per heavy atom. The van der Waals surface area contributed by atoms with Crippen molar-refractivity contribution in [1.82, 2.24) is 0 Å². The van der Waals surface area contributed by atoms with Crippen LogP contribution in [0.5, 0.6) is 0 Å². The average molecular weight is 543 g/mol. The summed E-state index contributed by atoms with van der Waals surface area (Å²) in [6, 6.07) is 26.4. The Morgan fingerprint density at radius 1 is 0.861 bits per heavy atom. The largest absolute Gasteiger partial charge is 0.465 e. The fraction of sp³-hybridized carbons (Fsp3) is 0.226. The number of carbonyl (C=O) groups excluding carboxylic acids is 2. The number of fused-ring (bicyclic) bond motifs is 4. The van der Waals surface area contributed by atoms with Crippen molar-refractivity contribution in [2.24, 2.45) is 0 Å². The second kappa shape index (κ2) is 9.90. The molecule has 4 aromatic rings. The van der Waals surface area contributed by atoms with E-state index in [0.717, 1.165) is 43.1 Å². The van der Waals surface area contributed by atoms with Crippen LogP contribution in [-0.2, 0) is 37.3 Å². The molecule has 5 rings (SSSR count). The van der Waals surface area contributed by atoms with Crippen LogP contribution in [0.4, 0.5) is 0 Å². The van der Waals surface area contributed by atoms with Gasteiger partial charge in [0, 0.05) is 10.9 Å². The van der Waals surface area contributed by atoms with E-state index in [1.54, 1.807) is 13.8 Å². The van der Waals surface area contributed by atoms with Crippen molar-refractivity contribution in [1.29, 1.82) is 0 Å². The highest BCUT2D eigenvalue weighted by atomic mass is 79.9. The molecule has 0 saturated heterocycles. The van der Waals surface area contributed by atoms with Crippen molar-refractivity contribution in [2.45, 2.75) is 32.1 Å². The molecule has 5 heteroatoms. The number of carbonyl (C=O) groups is 2. The maximum Gasteiger partial charge on any atom is 0.328 e. The highest BCUT2D eigenvalue weighted by Gasteiger charge is 2.54. The topological polar surface area (TPSA) is 52.6 Å². The van der Waals surface area contributed by atoms with Gasteiger partial charge in [-0.3, -0.25) is 9.59 Å². The molecule has 0 bridgehead atoms. The van der Waals surface area contributed by atoms with Crippen molar-refractivity contribution >= 4 is 38.6 Å². The summed E-state index contributed by atoms with van der Waals surface area (Å²) in [4.78, 5) is 27.5. The summed E-state index contributed by atoms with van der Waals surface area (Å²) >= 11 is 3.64. The summed E-state index contributed by atoms with van der Waals surface area (Å²) in [5, 5.41) is 2.03. The lowest BCUT2D eigenvalue weighted by atomic mass is 9.65. The summed E-state index contributed by atoms with van der Waals surface area (Å²) in [5.74, 6) is -1.14. The first-order chi connectivity index (χ1) is 17.5. The zero-order chi connectivity index (χ0) is 25.3. The minimum absolute atomic E-state index is 0.175.